The first-order chi connectivity index (χ1) is 18.9. The van der Waals surface area contributed by atoms with Crippen LogP contribution in [0, 0.1) is 28.8 Å². The summed E-state index contributed by atoms with van der Waals surface area (Å²) >= 11 is 0. The number of nitriles is 1. The third kappa shape index (κ3) is 4.74. The van der Waals surface area contributed by atoms with E-state index in [1.807, 2.05) is 4.90 Å². The van der Waals surface area contributed by atoms with Crippen LogP contribution in [-0.2, 0) is 0 Å². The van der Waals surface area contributed by atoms with Crippen molar-refractivity contribution >= 4 is 16.7 Å². The molecule has 204 valence electrons. The number of hydrogen-bond donors (Lipinski definition) is 1. The second kappa shape index (κ2) is 10.2. The molecule has 3 saturated heterocycles. The minimum absolute atomic E-state index is 0.0906. The third-order valence-corrected chi connectivity index (χ3v) is 7.95. The molecule has 2 unspecified atom stereocenters. The van der Waals surface area contributed by atoms with E-state index in [0.29, 0.717) is 38.4 Å². The van der Waals surface area contributed by atoms with E-state index in [4.69, 9.17) is 4.74 Å². The van der Waals surface area contributed by atoms with Gasteiger partial charge in [-0.05, 0) is 37.6 Å². The summed E-state index contributed by atoms with van der Waals surface area (Å²) in [5, 5.41) is 12.7. The van der Waals surface area contributed by atoms with Crippen molar-refractivity contribution in [1.29, 1.82) is 5.26 Å². The van der Waals surface area contributed by atoms with Crippen LogP contribution in [0.3, 0.4) is 0 Å². The standard InChI is InChI=1S/C27H27F4N7O/c28-16-2-3-21(30)19(10-16)23-22(31)24-20(12-34-23)25(37-9-7-33-18(14-37)4-6-32)36-26(35-24)39-15-27-5-1-8-38(27)13-17(29)11-27/h2-3,10,12,17-18,33H,1,4-5,7-9,11,13-15H2/t17?,18?,27-/m0/s1. The van der Waals surface area contributed by atoms with Crippen molar-refractivity contribution in [3.63, 3.8) is 0 Å². The molecule has 39 heavy (non-hydrogen) atoms. The van der Waals surface area contributed by atoms with Gasteiger partial charge in [-0.25, -0.2) is 17.6 Å². The maximum Gasteiger partial charge on any atom is 0.319 e. The molecule has 12 heteroatoms. The number of aromatic nitrogens is 3. The predicted molar refractivity (Wildman–Crippen MR) is 135 cm³/mol. The van der Waals surface area contributed by atoms with Gasteiger partial charge in [0, 0.05) is 50.4 Å². The van der Waals surface area contributed by atoms with E-state index in [1.165, 1.54) is 6.20 Å². The molecule has 0 aliphatic carbocycles. The molecule has 0 saturated carbocycles. The van der Waals surface area contributed by atoms with Crippen LogP contribution < -0.4 is 15.0 Å². The number of piperazine rings is 1. The van der Waals surface area contributed by atoms with Crippen LogP contribution in [0.25, 0.3) is 22.2 Å². The Morgan fingerprint density at radius 1 is 1.18 bits per heavy atom. The molecule has 3 fully saturated rings. The van der Waals surface area contributed by atoms with Gasteiger partial charge < -0.3 is 15.0 Å². The lowest BCUT2D eigenvalue weighted by Crippen LogP contribution is -2.51. The van der Waals surface area contributed by atoms with Gasteiger partial charge in [0.1, 0.15) is 41.4 Å². The Balaban J connectivity index is 1.42. The topological polar surface area (TPSA) is 90.2 Å². The van der Waals surface area contributed by atoms with Crippen LogP contribution in [-0.4, -0.2) is 76.9 Å². The highest BCUT2D eigenvalue weighted by Crippen LogP contribution is 2.41. The van der Waals surface area contributed by atoms with Crippen LogP contribution in [0.4, 0.5) is 23.4 Å². The Kier molecular flexibility index (Phi) is 6.72. The van der Waals surface area contributed by atoms with Gasteiger partial charge in [-0.15, -0.1) is 0 Å². The normalized spacial score (nSPS) is 25.2. The van der Waals surface area contributed by atoms with Gasteiger partial charge in [-0.1, -0.05) is 0 Å². The SMILES string of the molecule is N#CCC1CN(c2nc(OC[C@@]34CCCN3CC(F)C4)nc3c(F)c(-c4cc(F)ccc4F)ncc23)CCN1. The monoisotopic (exact) mass is 541 g/mol. The van der Waals surface area contributed by atoms with Crippen molar-refractivity contribution < 1.29 is 22.3 Å². The van der Waals surface area contributed by atoms with E-state index in [0.717, 1.165) is 37.6 Å². The molecule has 1 N–H and O–H groups in total. The fourth-order valence-electron chi connectivity index (χ4n) is 6.11. The van der Waals surface area contributed by atoms with E-state index in [2.05, 4.69) is 31.2 Å². The van der Waals surface area contributed by atoms with Crippen LogP contribution in [0.15, 0.2) is 24.4 Å². The number of pyridine rings is 1. The largest absolute Gasteiger partial charge is 0.461 e. The molecule has 0 bridgehead atoms. The van der Waals surface area contributed by atoms with Gasteiger partial charge in [-0.2, -0.15) is 15.2 Å². The first-order valence-electron chi connectivity index (χ1n) is 13.1. The molecule has 8 nitrogen and oxygen atoms in total. The molecule has 0 spiro atoms. The van der Waals surface area contributed by atoms with E-state index in [1.54, 1.807) is 0 Å². The molecule has 1 aromatic carbocycles. The Hall–Kier alpha value is -3.56. The fourth-order valence-corrected chi connectivity index (χ4v) is 6.11. The number of alkyl halides is 1. The highest BCUT2D eigenvalue weighted by molar-refractivity contribution is 5.92. The average molecular weight is 542 g/mol. The van der Waals surface area contributed by atoms with Crippen molar-refractivity contribution in [2.45, 2.75) is 43.4 Å². The summed E-state index contributed by atoms with van der Waals surface area (Å²) in [7, 11) is 0. The second-order valence-corrected chi connectivity index (χ2v) is 10.5. The van der Waals surface area contributed by atoms with Crippen molar-refractivity contribution in [3.8, 4) is 23.3 Å². The number of anilines is 1. The van der Waals surface area contributed by atoms with E-state index in [-0.39, 0.29) is 47.2 Å². The Morgan fingerprint density at radius 2 is 2.05 bits per heavy atom. The quantitative estimate of drug-likeness (QED) is 0.472. The summed E-state index contributed by atoms with van der Waals surface area (Å²) in [4.78, 5) is 17.1. The summed E-state index contributed by atoms with van der Waals surface area (Å²) in [5.74, 6) is -2.11. The van der Waals surface area contributed by atoms with Crippen LogP contribution in [0.1, 0.15) is 25.7 Å². The lowest BCUT2D eigenvalue weighted by molar-refractivity contribution is 0.107. The minimum Gasteiger partial charge on any atom is -0.461 e. The molecule has 3 aromatic rings. The van der Waals surface area contributed by atoms with Crippen molar-refractivity contribution in [2.24, 2.45) is 0 Å². The second-order valence-electron chi connectivity index (χ2n) is 10.5. The number of halogens is 4. The predicted octanol–water partition coefficient (Wildman–Crippen LogP) is 3.76. The molecule has 0 amide bonds. The minimum atomic E-state index is -0.938. The molecule has 6 rings (SSSR count). The number of hydrogen-bond acceptors (Lipinski definition) is 8. The third-order valence-electron chi connectivity index (χ3n) is 7.95. The van der Waals surface area contributed by atoms with Gasteiger partial charge in [0.15, 0.2) is 5.82 Å². The molecule has 0 radical (unpaired) electrons. The molecule has 3 atom stereocenters. The molecule has 3 aliphatic rings. The summed E-state index contributed by atoms with van der Waals surface area (Å²) in [6.07, 6.45) is 2.75. The number of ether oxygens (including phenoxy) is 1. The van der Waals surface area contributed by atoms with E-state index >= 15 is 4.39 Å². The lowest BCUT2D eigenvalue weighted by atomic mass is 9.95. The number of rotatable bonds is 6. The fraction of sp³-hybridized carbons (Fsp3) is 0.481. The highest BCUT2D eigenvalue weighted by Gasteiger charge is 2.49. The first-order valence-corrected chi connectivity index (χ1v) is 13.1. The summed E-state index contributed by atoms with van der Waals surface area (Å²) in [6, 6.07) is 4.69. The van der Waals surface area contributed by atoms with Crippen molar-refractivity contribution in [1.82, 2.24) is 25.2 Å². The number of fused-ring (bicyclic) bond motifs is 2. The number of benzene rings is 1. The zero-order valence-corrected chi connectivity index (χ0v) is 21.1. The number of nitrogens with one attached hydrogen (secondary N) is 1. The van der Waals surface area contributed by atoms with Crippen LogP contribution in [0.5, 0.6) is 6.01 Å². The van der Waals surface area contributed by atoms with Crippen molar-refractivity contribution in [2.75, 3.05) is 44.2 Å². The summed E-state index contributed by atoms with van der Waals surface area (Å²) in [5.41, 5.74) is -1.31. The Morgan fingerprint density at radius 3 is 2.90 bits per heavy atom. The molecule has 3 aliphatic heterocycles. The summed E-state index contributed by atoms with van der Waals surface area (Å²) < 4.78 is 64.7. The van der Waals surface area contributed by atoms with Gasteiger partial charge in [0.25, 0.3) is 0 Å². The Bertz CT molecular complexity index is 1450. The smallest absolute Gasteiger partial charge is 0.319 e. The number of nitrogens with zero attached hydrogens (tertiary/aromatic N) is 6. The van der Waals surface area contributed by atoms with Crippen LogP contribution >= 0.6 is 0 Å². The maximum absolute atomic E-state index is 16.0. The molecular formula is C27H27F4N7O. The first kappa shape index (κ1) is 25.7. The van der Waals surface area contributed by atoms with Gasteiger partial charge in [0.05, 0.1) is 23.4 Å². The Labute approximate surface area is 222 Å². The molecule has 2 aromatic heterocycles. The maximum atomic E-state index is 16.0. The van der Waals surface area contributed by atoms with Gasteiger partial charge in [-0.3, -0.25) is 9.88 Å². The molecular weight excluding hydrogens is 514 g/mol. The average Bonchev–Trinajstić information content (AvgIpc) is 3.45. The van der Waals surface area contributed by atoms with Gasteiger partial charge >= 0.3 is 6.01 Å². The summed E-state index contributed by atoms with van der Waals surface area (Å²) in [6.45, 7) is 2.83. The highest BCUT2D eigenvalue weighted by atomic mass is 19.1. The van der Waals surface area contributed by atoms with Gasteiger partial charge in [0.2, 0.25) is 0 Å². The zero-order chi connectivity index (χ0) is 27.1. The lowest BCUT2D eigenvalue weighted by Gasteiger charge is -2.34. The van der Waals surface area contributed by atoms with Crippen molar-refractivity contribution in [3.05, 3.63) is 41.8 Å². The van der Waals surface area contributed by atoms with Crippen LogP contribution in [0.2, 0.25) is 0 Å². The zero-order valence-electron chi connectivity index (χ0n) is 21.1. The molecule has 5 heterocycles. The van der Waals surface area contributed by atoms with E-state index < -0.39 is 29.2 Å². The van der Waals surface area contributed by atoms with E-state index in [9.17, 15) is 18.4 Å².